The zero-order chi connectivity index (χ0) is 20.3. The van der Waals surface area contributed by atoms with Crippen molar-refractivity contribution >= 4 is 33.5 Å². The average Bonchev–Trinajstić information content (AvgIpc) is 2.89. The minimum absolute atomic E-state index is 0.00989. The molecule has 0 saturated carbocycles. The third-order valence-electron chi connectivity index (χ3n) is 4.04. The molecular weight excluding hydrogens is 384 g/mol. The Morgan fingerprint density at radius 1 is 1.04 bits per heavy atom. The Labute approximate surface area is 162 Å². The molecule has 0 atom stereocenters. The Hall–Kier alpha value is -3.20. The number of fused-ring (bicyclic) bond motifs is 1. The standard InChI is InChI=1S/C19H18N2O6S/c1-28(25,26)20-14-7-4-6-13(12-14)19(24)27-11-5-10-21-17(22)15-8-2-3-9-16(15)18(21)23/h2-4,6-9,12,20H,5,10-11H2,1H3. The smallest absolute Gasteiger partial charge is 0.338 e. The molecule has 0 aliphatic carbocycles. The molecule has 0 unspecified atom stereocenters. The summed E-state index contributed by atoms with van der Waals surface area (Å²) >= 11 is 0. The van der Waals surface area contributed by atoms with Crippen LogP contribution < -0.4 is 4.72 Å². The molecule has 0 spiro atoms. The van der Waals surface area contributed by atoms with E-state index in [9.17, 15) is 22.8 Å². The van der Waals surface area contributed by atoms with Crippen LogP contribution >= 0.6 is 0 Å². The van der Waals surface area contributed by atoms with Gasteiger partial charge in [-0.05, 0) is 36.8 Å². The van der Waals surface area contributed by atoms with Crippen LogP contribution in [0, 0.1) is 0 Å². The number of nitrogens with one attached hydrogen (secondary N) is 1. The number of ether oxygens (including phenoxy) is 1. The van der Waals surface area contributed by atoms with Gasteiger partial charge in [-0.1, -0.05) is 18.2 Å². The van der Waals surface area contributed by atoms with Gasteiger partial charge in [0.1, 0.15) is 0 Å². The molecule has 1 aliphatic heterocycles. The van der Waals surface area contributed by atoms with Crippen LogP contribution in [-0.2, 0) is 14.8 Å². The van der Waals surface area contributed by atoms with Gasteiger partial charge in [0.05, 0.1) is 29.6 Å². The van der Waals surface area contributed by atoms with Crippen molar-refractivity contribution in [2.45, 2.75) is 6.42 Å². The summed E-state index contributed by atoms with van der Waals surface area (Å²) in [6.07, 6.45) is 1.30. The highest BCUT2D eigenvalue weighted by atomic mass is 32.2. The van der Waals surface area contributed by atoms with E-state index in [2.05, 4.69) is 4.72 Å². The number of hydrogen-bond donors (Lipinski definition) is 1. The van der Waals surface area contributed by atoms with Gasteiger partial charge in [-0.3, -0.25) is 19.2 Å². The molecule has 2 amide bonds. The minimum atomic E-state index is -3.45. The molecule has 1 heterocycles. The Bertz CT molecular complexity index is 1010. The Kier molecular flexibility index (Phi) is 5.46. The first-order valence-electron chi connectivity index (χ1n) is 8.46. The monoisotopic (exact) mass is 402 g/mol. The lowest BCUT2D eigenvalue weighted by Crippen LogP contribution is -2.31. The van der Waals surface area contributed by atoms with Gasteiger partial charge >= 0.3 is 5.97 Å². The molecule has 1 N–H and O–H groups in total. The predicted octanol–water partition coefficient (Wildman–Crippen LogP) is 1.90. The van der Waals surface area contributed by atoms with E-state index in [0.29, 0.717) is 17.5 Å². The first kappa shape index (κ1) is 19.6. The highest BCUT2D eigenvalue weighted by molar-refractivity contribution is 7.92. The van der Waals surface area contributed by atoms with Crippen LogP contribution in [0.5, 0.6) is 0 Å². The van der Waals surface area contributed by atoms with E-state index in [1.165, 1.54) is 24.3 Å². The summed E-state index contributed by atoms with van der Waals surface area (Å²) < 4.78 is 30.0. The third-order valence-corrected chi connectivity index (χ3v) is 4.65. The van der Waals surface area contributed by atoms with E-state index in [0.717, 1.165) is 11.2 Å². The molecule has 28 heavy (non-hydrogen) atoms. The van der Waals surface area contributed by atoms with Gasteiger partial charge in [-0.25, -0.2) is 13.2 Å². The van der Waals surface area contributed by atoms with Gasteiger partial charge in [0, 0.05) is 12.2 Å². The number of esters is 1. The second-order valence-corrected chi connectivity index (χ2v) is 8.00. The molecule has 2 aromatic rings. The van der Waals surface area contributed by atoms with Crippen molar-refractivity contribution in [3.63, 3.8) is 0 Å². The zero-order valence-corrected chi connectivity index (χ0v) is 15.9. The molecule has 3 rings (SSSR count). The molecule has 146 valence electrons. The molecule has 2 aromatic carbocycles. The Balaban J connectivity index is 1.52. The lowest BCUT2D eigenvalue weighted by Gasteiger charge is -2.13. The van der Waals surface area contributed by atoms with Crippen molar-refractivity contribution in [3.8, 4) is 0 Å². The summed E-state index contributed by atoms with van der Waals surface area (Å²) in [5, 5.41) is 0. The fraction of sp³-hybridized carbons (Fsp3) is 0.211. The Morgan fingerprint density at radius 2 is 1.68 bits per heavy atom. The van der Waals surface area contributed by atoms with E-state index in [-0.39, 0.29) is 36.2 Å². The van der Waals surface area contributed by atoms with Crippen LogP contribution in [0.3, 0.4) is 0 Å². The lowest BCUT2D eigenvalue weighted by molar-refractivity contribution is 0.0482. The third kappa shape index (κ3) is 4.37. The highest BCUT2D eigenvalue weighted by Gasteiger charge is 2.34. The van der Waals surface area contributed by atoms with E-state index in [1.807, 2.05) is 0 Å². The number of carbonyl (C=O) groups is 3. The molecule has 0 saturated heterocycles. The minimum Gasteiger partial charge on any atom is -0.462 e. The van der Waals surface area contributed by atoms with Gasteiger partial charge in [0.15, 0.2) is 0 Å². The fourth-order valence-corrected chi connectivity index (χ4v) is 3.39. The van der Waals surface area contributed by atoms with Crippen LogP contribution in [0.25, 0.3) is 0 Å². The highest BCUT2D eigenvalue weighted by Crippen LogP contribution is 2.22. The summed E-state index contributed by atoms with van der Waals surface area (Å²) in [6, 6.07) is 12.5. The van der Waals surface area contributed by atoms with Crippen LogP contribution in [0.2, 0.25) is 0 Å². The molecule has 0 bridgehead atoms. The van der Waals surface area contributed by atoms with Crippen LogP contribution in [0.4, 0.5) is 5.69 Å². The number of nitrogens with zero attached hydrogens (tertiary/aromatic N) is 1. The number of amides is 2. The fourth-order valence-electron chi connectivity index (χ4n) is 2.84. The van der Waals surface area contributed by atoms with E-state index in [4.69, 9.17) is 4.74 Å². The number of hydrogen-bond acceptors (Lipinski definition) is 6. The number of carbonyl (C=O) groups excluding carboxylic acids is 3. The Morgan fingerprint density at radius 3 is 2.29 bits per heavy atom. The molecule has 0 radical (unpaired) electrons. The maximum atomic E-state index is 12.2. The van der Waals surface area contributed by atoms with Crippen LogP contribution in [-0.4, -0.2) is 50.5 Å². The molecule has 1 aliphatic rings. The lowest BCUT2D eigenvalue weighted by atomic mass is 10.1. The number of anilines is 1. The molecular formula is C19H18N2O6S. The van der Waals surface area contributed by atoms with Crippen molar-refractivity contribution in [3.05, 3.63) is 65.2 Å². The predicted molar refractivity (Wildman–Crippen MR) is 102 cm³/mol. The molecule has 9 heteroatoms. The number of benzene rings is 2. The zero-order valence-electron chi connectivity index (χ0n) is 15.0. The normalized spacial score (nSPS) is 13.4. The van der Waals surface area contributed by atoms with Crippen molar-refractivity contribution < 1.29 is 27.5 Å². The van der Waals surface area contributed by atoms with E-state index in [1.54, 1.807) is 24.3 Å². The largest absolute Gasteiger partial charge is 0.462 e. The number of rotatable bonds is 7. The summed E-state index contributed by atoms with van der Waals surface area (Å²) in [5.74, 6) is -1.34. The first-order valence-corrected chi connectivity index (χ1v) is 10.4. The van der Waals surface area contributed by atoms with Crippen molar-refractivity contribution in [1.82, 2.24) is 4.90 Å². The van der Waals surface area contributed by atoms with E-state index >= 15 is 0 Å². The van der Waals surface area contributed by atoms with Gasteiger partial charge in [-0.2, -0.15) is 0 Å². The summed E-state index contributed by atoms with van der Waals surface area (Å²) in [7, 11) is -3.45. The maximum absolute atomic E-state index is 12.2. The van der Waals surface area contributed by atoms with Crippen LogP contribution in [0.1, 0.15) is 37.5 Å². The SMILES string of the molecule is CS(=O)(=O)Nc1cccc(C(=O)OCCCN2C(=O)c3ccccc3C2=O)c1. The number of imide groups is 1. The van der Waals surface area contributed by atoms with Gasteiger partial charge < -0.3 is 4.74 Å². The molecule has 0 aromatic heterocycles. The van der Waals surface area contributed by atoms with Crippen LogP contribution in [0.15, 0.2) is 48.5 Å². The van der Waals surface area contributed by atoms with Gasteiger partial charge in [-0.15, -0.1) is 0 Å². The second-order valence-electron chi connectivity index (χ2n) is 6.25. The number of sulfonamides is 1. The first-order chi connectivity index (χ1) is 13.3. The van der Waals surface area contributed by atoms with Gasteiger partial charge in [0.25, 0.3) is 11.8 Å². The molecule has 0 fully saturated rings. The maximum Gasteiger partial charge on any atom is 0.338 e. The topological polar surface area (TPSA) is 110 Å². The average molecular weight is 402 g/mol. The summed E-state index contributed by atoms with van der Waals surface area (Å²) in [6.45, 7) is 0.144. The van der Waals surface area contributed by atoms with Gasteiger partial charge in [0.2, 0.25) is 10.0 Å². The van der Waals surface area contributed by atoms with E-state index < -0.39 is 16.0 Å². The quantitative estimate of drug-likeness (QED) is 0.430. The molecule has 8 nitrogen and oxygen atoms in total. The second kappa shape index (κ2) is 7.81. The van der Waals surface area contributed by atoms with Crippen molar-refractivity contribution in [2.75, 3.05) is 24.1 Å². The van der Waals surface area contributed by atoms with Crippen molar-refractivity contribution in [2.24, 2.45) is 0 Å². The summed E-state index contributed by atoms with van der Waals surface area (Å²) in [4.78, 5) is 37.8. The van der Waals surface area contributed by atoms with Crippen molar-refractivity contribution in [1.29, 1.82) is 0 Å². The summed E-state index contributed by atoms with van der Waals surface area (Å²) in [5.41, 5.74) is 1.19.